The number of rotatable bonds is 7. The first-order valence-electron chi connectivity index (χ1n) is 10.4. The van der Waals surface area contributed by atoms with Crippen molar-refractivity contribution in [3.8, 4) is 0 Å². The molecule has 7 heteroatoms. The molecule has 0 amide bonds. The molecule has 5 rings (SSSR count). The molecular weight excluding hydrogens is 364 g/mol. The summed E-state index contributed by atoms with van der Waals surface area (Å²) < 4.78 is 5.34. The lowest BCUT2D eigenvalue weighted by Gasteiger charge is -2.19. The zero-order valence-corrected chi connectivity index (χ0v) is 16.6. The number of hydrogen-bond acceptors (Lipinski definition) is 7. The van der Waals surface area contributed by atoms with Gasteiger partial charge < -0.3 is 20.4 Å². The molecule has 0 radical (unpaired) electrons. The summed E-state index contributed by atoms with van der Waals surface area (Å²) in [7, 11) is 0. The van der Waals surface area contributed by atoms with Crippen LogP contribution in [0.15, 0.2) is 41.2 Å². The predicted molar refractivity (Wildman–Crippen MR) is 115 cm³/mol. The van der Waals surface area contributed by atoms with Crippen LogP contribution >= 0.6 is 0 Å². The summed E-state index contributed by atoms with van der Waals surface area (Å²) in [5.74, 6) is 2.83. The van der Waals surface area contributed by atoms with Gasteiger partial charge in [0.15, 0.2) is 0 Å². The van der Waals surface area contributed by atoms with Gasteiger partial charge >= 0.3 is 0 Å². The van der Waals surface area contributed by atoms with E-state index in [1.165, 1.54) is 24.0 Å². The number of oxazole rings is 1. The second-order valence-corrected chi connectivity index (χ2v) is 7.83. The molecule has 29 heavy (non-hydrogen) atoms. The van der Waals surface area contributed by atoms with Gasteiger partial charge in [-0.2, -0.15) is 4.98 Å². The summed E-state index contributed by atoms with van der Waals surface area (Å²) in [4.78, 5) is 13.9. The van der Waals surface area contributed by atoms with E-state index in [2.05, 4.69) is 52.1 Å². The molecule has 3 N–H and O–H groups in total. The topological polar surface area (TPSA) is 87.9 Å². The Balaban J connectivity index is 1.55. The van der Waals surface area contributed by atoms with Gasteiger partial charge in [0.2, 0.25) is 11.8 Å². The Morgan fingerprint density at radius 2 is 2.21 bits per heavy atom. The minimum absolute atomic E-state index is 0.398. The van der Waals surface area contributed by atoms with Crippen molar-refractivity contribution in [1.29, 1.82) is 0 Å². The molecule has 3 aromatic rings. The fourth-order valence-electron chi connectivity index (χ4n) is 3.89. The van der Waals surface area contributed by atoms with E-state index in [9.17, 15) is 0 Å². The van der Waals surface area contributed by atoms with Crippen molar-refractivity contribution in [1.82, 2.24) is 20.3 Å². The maximum Gasteiger partial charge on any atom is 0.225 e. The van der Waals surface area contributed by atoms with Crippen LogP contribution in [-0.2, 0) is 6.54 Å². The van der Waals surface area contributed by atoms with Crippen molar-refractivity contribution in [3.63, 3.8) is 0 Å². The van der Waals surface area contributed by atoms with E-state index in [-0.39, 0.29) is 0 Å². The SMILES string of the molecule is CC(Nc1nc(NCc2ncco2)nc2c(C3=CCNCC3)cccc12)C1CC1. The zero-order chi connectivity index (χ0) is 19.6. The van der Waals surface area contributed by atoms with Crippen LogP contribution < -0.4 is 16.0 Å². The van der Waals surface area contributed by atoms with Gasteiger partial charge in [0.1, 0.15) is 12.1 Å². The summed E-state index contributed by atoms with van der Waals surface area (Å²) in [6.07, 6.45) is 9.06. The molecule has 1 unspecified atom stereocenters. The second kappa shape index (κ2) is 7.83. The lowest BCUT2D eigenvalue weighted by molar-refractivity contribution is 0.503. The van der Waals surface area contributed by atoms with Crippen molar-refractivity contribution >= 4 is 28.2 Å². The fourth-order valence-corrected chi connectivity index (χ4v) is 3.89. The lowest BCUT2D eigenvalue weighted by Crippen LogP contribution is -2.20. The maximum atomic E-state index is 5.34. The summed E-state index contributed by atoms with van der Waals surface area (Å²) in [6.45, 7) is 4.58. The Morgan fingerprint density at radius 1 is 1.28 bits per heavy atom. The Labute approximate surface area is 170 Å². The first-order valence-corrected chi connectivity index (χ1v) is 10.4. The number of hydrogen-bond donors (Lipinski definition) is 3. The quantitative estimate of drug-likeness (QED) is 0.565. The highest BCUT2D eigenvalue weighted by Crippen LogP contribution is 2.36. The molecular formula is C22H26N6O. The number of nitrogens with zero attached hydrogens (tertiary/aromatic N) is 3. The molecule has 3 heterocycles. The number of benzene rings is 1. The highest BCUT2D eigenvalue weighted by atomic mass is 16.3. The highest BCUT2D eigenvalue weighted by molar-refractivity contribution is 5.97. The number of para-hydroxylation sites is 1. The molecule has 2 aromatic heterocycles. The van der Waals surface area contributed by atoms with Crippen LogP contribution in [0.1, 0.15) is 37.6 Å². The highest BCUT2D eigenvalue weighted by Gasteiger charge is 2.28. The van der Waals surface area contributed by atoms with Crippen LogP contribution in [0.5, 0.6) is 0 Å². The predicted octanol–water partition coefficient (Wildman–Crippen LogP) is 3.82. The molecule has 2 aliphatic rings. The van der Waals surface area contributed by atoms with Crippen molar-refractivity contribution in [2.75, 3.05) is 23.7 Å². The van der Waals surface area contributed by atoms with Gasteiger partial charge in [0, 0.05) is 23.5 Å². The molecule has 1 aliphatic heterocycles. The summed E-state index contributed by atoms with van der Waals surface area (Å²) in [6, 6.07) is 6.78. The molecule has 7 nitrogen and oxygen atoms in total. The van der Waals surface area contributed by atoms with E-state index in [0.717, 1.165) is 42.1 Å². The van der Waals surface area contributed by atoms with Gasteiger partial charge in [0.25, 0.3) is 0 Å². The van der Waals surface area contributed by atoms with Crippen LogP contribution in [-0.4, -0.2) is 34.1 Å². The minimum atomic E-state index is 0.398. The van der Waals surface area contributed by atoms with Crippen LogP contribution in [0.25, 0.3) is 16.5 Å². The van der Waals surface area contributed by atoms with Crippen LogP contribution in [0.4, 0.5) is 11.8 Å². The zero-order valence-electron chi connectivity index (χ0n) is 16.6. The molecule has 0 spiro atoms. The van der Waals surface area contributed by atoms with E-state index in [4.69, 9.17) is 14.4 Å². The molecule has 0 saturated heterocycles. The van der Waals surface area contributed by atoms with E-state index >= 15 is 0 Å². The van der Waals surface area contributed by atoms with Crippen molar-refractivity contribution in [2.45, 2.75) is 38.8 Å². The standard InChI is InChI=1S/C22H26N6O/c1-14(15-5-6-15)26-21-18-4-2-3-17(16-7-9-23-10-8-16)20(18)27-22(28-21)25-13-19-24-11-12-29-19/h2-4,7,11-12,14-15,23H,5-6,8-10,13H2,1H3,(H2,25,26,27,28). The smallest absolute Gasteiger partial charge is 0.225 e. The molecule has 1 aromatic carbocycles. The monoisotopic (exact) mass is 390 g/mol. The van der Waals surface area contributed by atoms with E-state index in [1.54, 1.807) is 12.5 Å². The molecule has 1 atom stereocenters. The summed E-state index contributed by atoms with van der Waals surface area (Å²) in [5, 5.41) is 11.4. The summed E-state index contributed by atoms with van der Waals surface area (Å²) in [5.41, 5.74) is 3.51. The Kier molecular flexibility index (Phi) is 4.89. The fraction of sp³-hybridized carbons (Fsp3) is 0.409. The Morgan fingerprint density at radius 3 is 2.97 bits per heavy atom. The molecule has 0 bridgehead atoms. The maximum absolute atomic E-state index is 5.34. The lowest BCUT2D eigenvalue weighted by atomic mass is 9.97. The normalized spacial score (nSPS) is 17.8. The number of aromatic nitrogens is 3. The van der Waals surface area contributed by atoms with Crippen molar-refractivity contribution < 1.29 is 4.42 Å². The molecule has 1 fully saturated rings. The molecule has 150 valence electrons. The Hall–Kier alpha value is -2.93. The van der Waals surface area contributed by atoms with E-state index in [0.29, 0.717) is 24.4 Å². The third-order valence-electron chi connectivity index (χ3n) is 5.71. The number of anilines is 2. The number of fused-ring (bicyclic) bond motifs is 1. The van der Waals surface area contributed by atoms with Crippen molar-refractivity contribution in [2.24, 2.45) is 5.92 Å². The Bertz CT molecular complexity index is 1030. The van der Waals surface area contributed by atoms with Gasteiger partial charge in [-0.15, -0.1) is 0 Å². The number of nitrogens with one attached hydrogen (secondary N) is 3. The van der Waals surface area contributed by atoms with E-state index < -0.39 is 0 Å². The van der Waals surface area contributed by atoms with Crippen LogP contribution in [0.2, 0.25) is 0 Å². The van der Waals surface area contributed by atoms with Gasteiger partial charge in [0.05, 0.1) is 18.3 Å². The molecule has 1 saturated carbocycles. The van der Waals surface area contributed by atoms with Gasteiger partial charge in [-0.05, 0) is 50.3 Å². The first kappa shape index (κ1) is 18.1. The third-order valence-corrected chi connectivity index (χ3v) is 5.71. The van der Waals surface area contributed by atoms with Gasteiger partial charge in [-0.1, -0.05) is 18.2 Å². The first-order chi connectivity index (χ1) is 14.3. The average molecular weight is 390 g/mol. The third kappa shape index (κ3) is 3.96. The van der Waals surface area contributed by atoms with Gasteiger partial charge in [-0.3, -0.25) is 0 Å². The van der Waals surface area contributed by atoms with Crippen molar-refractivity contribution in [3.05, 3.63) is 48.2 Å². The summed E-state index contributed by atoms with van der Waals surface area (Å²) >= 11 is 0. The van der Waals surface area contributed by atoms with E-state index in [1.807, 2.05) is 0 Å². The average Bonchev–Trinajstić information content (AvgIpc) is 3.48. The van der Waals surface area contributed by atoms with Crippen LogP contribution in [0, 0.1) is 5.92 Å². The molecule has 1 aliphatic carbocycles. The van der Waals surface area contributed by atoms with Crippen LogP contribution in [0.3, 0.4) is 0 Å². The minimum Gasteiger partial charge on any atom is -0.447 e. The van der Waals surface area contributed by atoms with Gasteiger partial charge in [-0.25, -0.2) is 9.97 Å². The largest absolute Gasteiger partial charge is 0.447 e. The second-order valence-electron chi connectivity index (χ2n) is 7.83.